The zero-order valence-corrected chi connectivity index (χ0v) is 9.63. The van der Waals surface area contributed by atoms with Gasteiger partial charge in [-0.3, -0.25) is 9.36 Å². The van der Waals surface area contributed by atoms with Crippen LogP contribution in [-0.2, 0) is 19.7 Å². The lowest BCUT2D eigenvalue weighted by Gasteiger charge is -1.99. The van der Waals surface area contributed by atoms with E-state index in [-0.39, 0.29) is 0 Å². The minimum Gasteiger partial charge on any atom is -0.485 e. The van der Waals surface area contributed by atoms with Gasteiger partial charge in [0.2, 0.25) is 0 Å². The molecule has 2 heterocycles. The van der Waals surface area contributed by atoms with Gasteiger partial charge in [0.25, 0.3) is 0 Å². The minimum atomic E-state index is 0.537. The summed E-state index contributed by atoms with van der Waals surface area (Å²) in [6.45, 7) is 6.38. The lowest BCUT2D eigenvalue weighted by molar-refractivity contribution is 0.305. The average Bonchev–Trinajstić information content (AvgIpc) is 2.95. The molecule has 0 fully saturated rings. The maximum absolute atomic E-state index is 5.60. The molecule has 0 N–H and O–H groups in total. The fourth-order valence-corrected chi connectivity index (χ4v) is 1.41. The number of aromatic nitrogens is 4. The van der Waals surface area contributed by atoms with Crippen LogP contribution in [0.2, 0.25) is 0 Å². The van der Waals surface area contributed by atoms with Crippen molar-refractivity contribution in [3.8, 4) is 5.75 Å². The van der Waals surface area contributed by atoms with Crippen molar-refractivity contribution in [2.24, 2.45) is 0 Å². The molecule has 5 nitrogen and oxygen atoms in total. The van der Waals surface area contributed by atoms with Crippen LogP contribution in [0.1, 0.15) is 19.4 Å². The van der Waals surface area contributed by atoms with E-state index in [1.54, 1.807) is 6.20 Å². The molecule has 0 radical (unpaired) electrons. The van der Waals surface area contributed by atoms with Crippen LogP contribution in [0.25, 0.3) is 0 Å². The van der Waals surface area contributed by atoms with Crippen LogP contribution in [0.15, 0.2) is 24.8 Å². The summed E-state index contributed by atoms with van der Waals surface area (Å²) in [5.74, 6) is 0.797. The van der Waals surface area contributed by atoms with E-state index < -0.39 is 0 Å². The summed E-state index contributed by atoms with van der Waals surface area (Å²) >= 11 is 0. The second-order valence-electron chi connectivity index (χ2n) is 3.52. The van der Waals surface area contributed by atoms with E-state index in [4.69, 9.17) is 4.74 Å². The highest BCUT2D eigenvalue weighted by atomic mass is 16.5. The van der Waals surface area contributed by atoms with E-state index in [1.165, 1.54) is 0 Å². The third-order valence-corrected chi connectivity index (χ3v) is 2.35. The van der Waals surface area contributed by atoms with Gasteiger partial charge in [-0.25, -0.2) is 0 Å². The SMILES string of the molecule is CCn1cc(COc2cnn(CC)c2)cn1. The number of rotatable bonds is 5. The minimum absolute atomic E-state index is 0.537. The van der Waals surface area contributed by atoms with Crippen LogP contribution >= 0.6 is 0 Å². The molecule has 2 rings (SSSR count). The summed E-state index contributed by atoms with van der Waals surface area (Å²) in [6.07, 6.45) is 7.44. The van der Waals surface area contributed by atoms with Crippen LogP contribution in [0.5, 0.6) is 5.75 Å². The molecule has 0 bridgehead atoms. The van der Waals surface area contributed by atoms with Crippen molar-refractivity contribution in [1.29, 1.82) is 0 Å². The maximum atomic E-state index is 5.60. The Bertz CT molecular complexity index is 404. The first-order chi connectivity index (χ1) is 7.81. The van der Waals surface area contributed by atoms with E-state index in [0.29, 0.717) is 6.61 Å². The first kappa shape index (κ1) is 10.7. The summed E-state index contributed by atoms with van der Waals surface area (Å²) < 4.78 is 9.32. The van der Waals surface area contributed by atoms with Crippen molar-refractivity contribution in [3.05, 3.63) is 30.4 Å². The summed E-state index contributed by atoms with van der Waals surface area (Å²) in [4.78, 5) is 0. The van der Waals surface area contributed by atoms with Gasteiger partial charge < -0.3 is 4.74 Å². The van der Waals surface area contributed by atoms with Crippen molar-refractivity contribution in [3.63, 3.8) is 0 Å². The molecular weight excluding hydrogens is 204 g/mol. The van der Waals surface area contributed by atoms with Gasteiger partial charge >= 0.3 is 0 Å². The molecule has 0 aromatic carbocycles. The molecule has 86 valence electrons. The zero-order chi connectivity index (χ0) is 11.4. The lowest BCUT2D eigenvalue weighted by Crippen LogP contribution is -1.95. The smallest absolute Gasteiger partial charge is 0.157 e. The van der Waals surface area contributed by atoms with Gasteiger partial charge in [-0.1, -0.05) is 0 Å². The molecule has 16 heavy (non-hydrogen) atoms. The fourth-order valence-electron chi connectivity index (χ4n) is 1.41. The Morgan fingerprint density at radius 3 is 2.38 bits per heavy atom. The molecule has 2 aromatic heterocycles. The van der Waals surface area contributed by atoms with Crippen molar-refractivity contribution in [2.45, 2.75) is 33.5 Å². The first-order valence-electron chi connectivity index (χ1n) is 5.48. The molecule has 2 aromatic rings. The Hall–Kier alpha value is -1.78. The summed E-state index contributed by atoms with van der Waals surface area (Å²) in [6, 6.07) is 0. The Kier molecular flexibility index (Phi) is 3.24. The molecule has 0 aliphatic heterocycles. The van der Waals surface area contributed by atoms with E-state index in [2.05, 4.69) is 17.1 Å². The predicted octanol–water partition coefficient (Wildman–Crippen LogP) is 1.70. The standard InChI is InChI=1S/C11H16N4O/c1-3-14-7-10(5-12-14)9-16-11-6-13-15(4-2)8-11/h5-8H,3-4,9H2,1-2H3. The second-order valence-corrected chi connectivity index (χ2v) is 3.52. The molecule has 0 spiro atoms. The van der Waals surface area contributed by atoms with Crippen LogP contribution < -0.4 is 4.74 Å². The third kappa shape index (κ3) is 2.42. The maximum Gasteiger partial charge on any atom is 0.157 e. The Morgan fingerprint density at radius 1 is 1.06 bits per heavy atom. The van der Waals surface area contributed by atoms with Gasteiger partial charge in [-0.2, -0.15) is 10.2 Å². The number of hydrogen-bond acceptors (Lipinski definition) is 3. The summed E-state index contributed by atoms with van der Waals surface area (Å²) in [5, 5.41) is 8.32. The topological polar surface area (TPSA) is 44.9 Å². The van der Waals surface area contributed by atoms with Crippen LogP contribution in [0.4, 0.5) is 0 Å². The Balaban J connectivity index is 1.91. The molecule has 0 atom stereocenters. The van der Waals surface area contributed by atoms with E-state index >= 15 is 0 Å². The molecule has 0 aliphatic rings. The summed E-state index contributed by atoms with van der Waals surface area (Å²) in [7, 11) is 0. The predicted molar refractivity (Wildman–Crippen MR) is 60.1 cm³/mol. The first-order valence-corrected chi connectivity index (χ1v) is 5.48. The molecule has 0 saturated carbocycles. The van der Waals surface area contributed by atoms with Gasteiger partial charge in [0.05, 0.1) is 18.6 Å². The van der Waals surface area contributed by atoms with Gasteiger partial charge in [-0.15, -0.1) is 0 Å². The van der Waals surface area contributed by atoms with Gasteiger partial charge in [0.1, 0.15) is 6.61 Å². The van der Waals surface area contributed by atoms with E-state index in [0.717, 1.165) is 24.4 Å². The number of nitrogens with zero attached hydrogens (tertiary/aromatic N) is 4. The largest absolute Gasteiger partial charge is 0.485 e. The van der Waals surface area contributed by atoms with E-state index in [9.17, 15) is 0 Å². The van der Waals surface area contributed by atoms with Crippen LogP contribution in [-0.4, -0.2) is 19.6 Å². The second kappa shape index (κ2) is 4.83. The molecule has 0 aliphatic carbocycles. The Labute approximate surface area is 94.6 Å². The lowest BCUT2D eigenvalue weighted by atomic mass is 10.4. The molecule has 0 amide bonds. The Morgan fingerprint density at radius 2 is 1.75 bits per heavy atom. The van der Waals surface area contributed by atoms with Gasteiger partial charge in [0.15, 0.2) is 5.75 Å². The summed E-state index contributed by atoms with van der Waals surface area (Å²) in [5.41, 5.74) is 1.08. The van der Waals surface area contributed by atoms with Gasteiger partial charge in [0, 0.05) is 24.8 Å². The monoisotopic (exact) mass is 220 g/mol. The number of ether oxygens (including phenoxy) is 1. The normalized spacial score (nSPS) is 10.6. The van der Waals surface area contributed by atoms with Crippen LogP contribution in [0, 0.1) is 0 Å². The van der Waals surface area contributed by atoms with Crippen molar-refractivity contribution < 1.29 is 4.74 Å². The molecule has 5 heteroatoms. The highest BCUT2D eigenvalue weighted by molar-refractivity contribution is 5.13. The average molecular weight is 220 g/mol. The van der Waals surface area contributed by atoms with E-state index in [1.807, 2.05) is 34.9 Å². The molecule has 0 unspecified atom stereocenters. The number of hydrogen-bond donors (Lipinski definition) is 0. The molecule has 0 saturated heterocycles. The van der Waals surface area contributed by atoms with Crippen molar-refractivity contribution in [1.82, 2.24) is 19.6 Å². The van der Waals surface area contributed by atoms with Gasteiger partial charge in [-0.05, 0) is 13.8 Å². The van der Waals surface area contributed by atoms with Crippen molar-refractivity contribution >= 4 is 0 Å². The van der Waals surface area contributed by atoms with Crippen molar-refractivity contribution in [2.75, 3.05) is 0 Å². The highest BCUT2D eigenvalue weighted by Gasteiger charge is 2.01. The van der Waals surface area contributed by atoms with Crippen LogP contribution in [0.3, 0.4) is 0 Å². The third-order valence-electron chi connectivity index (χ3n) is 2.35. The molecular formula is C11H16N4O. The quantitative estimate of drug-likeness (QED) is 0.770. The fraction of sp³-hybridized carbons (Fsp3) is 0.455. The highest BCUT2D eigenvalue weighted by Crippen LogP contribution is 2.10. The number of aryl methyl sites for hydroxylation is 2. The zero-order valence-electron chi connectivity index (χ0n) is 9.63.